The maximum atomic E-state index is 5.81. The van der Waals surface area contributed by atoms with Crippen LogP contribution in [0.3, 0.4) is 0 Å². The average Bonchev–Trinajstić information content (AvgIpc) is 2.49. The van der Waals surface area contributed by atoms with Crippen molar-refractivity contribution in [2.24, 2.45) is 5.10 Å². The third kappa shape index (κ3) is 4.21. The number of ether oxygens (including phenoxy) is 2. The van der Waals surface area contributed by atoms with Gasteiger partial charge < -0.3 is 9.47 Å². The lowest BCUT2D eigenvalue weighted by atomic mass is 10.2. The number of rotatable bonds is 6. The second kappa shape index (κ2) is 7.28. The molecule has 0 bridgehead atoms. The van der Waals surface area contributed by atoms with Crippen LogP contribution in [-0.4, -0.2) is 24.4 Å². The molecule has 0 saturated carbocycles. The summed E-state index contributed by atoms with van der Waals surface area (Å²) in [6.45, 7) is 3.94. The molecule has 0 aliphatic heterocycles. The van der Waals surface area contributed by atoms with E-state index < -0.39 is 0 Å². The number of aromatic nitrogens is 1. The minimum Gasteiger partial charge on any atom is -0.493 e. The van der Waals surface area contributed by atoms with E-state index in [2.05, 4.69) is 15.5 Å². The first-order valence-corrected chi connectivity index (χ1v) is 6.74. The molecule has 1 aromatic carbocycles. The summed E-state index contributed by atoms with van der Waals surface area (Å²) in [5.41, 5.74) is 3.71. The number of anilines is 1. The SMILES string of the molecule is COc1cccc(/C=N\Nc2ccccn2)c1OC(C)C. The van der Waals surface area contributed by atoms with Crippen molar-refractivity contribution in [2.45, 2.75) is 20.0 Å². The lowest BCUT2D eigenvalue weighted by molar-refractivity contribution is 0.230. The van der Waals surface area contributed by atoms with Crippen LogP contribution < -0.4 is 14.9 Å². The second-order valence-electron chi connectivity index (χ2n) is 4.63. The summed E-state index contributed by atoms with van der Waals surface area (Å²) in [5.74, 6) is 2.05. The minimum absolute atomic E-state index is 0.0530. The zero-order valence-electron chi connectivity index (χ0n) is 12.4. The van der Waals surface area contributed by atoms with Crippen molar-refractivity contribution in [3.05, 3.63) is 48.2 Å². The molecule has 2 aromatic rings. The van der Waals surface area contributed by atoms with Crippen molar-refractivity contribution in [3.8, 4) is 11.5 Å². The molecule has 0 amide bonds. The van der Waals surface area contributed by atoms with Gasteiger partial charge in [0.25, 0.3) is 0 Å². The van der Waals surface area contributed by atoms with Crippen LogP contribution in [0.2, 0.25) is 0 Å². The summed E-state index contributed by atoms with van der Waals surface area (Å²) >= 11 is 0. The van der Waals surface area contributed by atoms with Gasteiger partial charge in [0.05, 0.1) is 19.4 Å². The van der Waals surface area contributed by atoms with Crippen molar-refractivity contribution < 1.29 is 9.47 Å². The number of benzene rings is 1. The monoisotopic (exact) mass is 285 g/mol. The van der Waals surface area contributed by atoms with Crippen LogP contribution in [0.5, 0.6) is 11.5 Å². The normalized spacial score (nSPS) is 10.9. The molecule has 0 spiro atoms. The summed E-state index contributed by atoms with van der Waals surface area (Å²) in [4.78, 5) is 4.13. The van der Waals surface area contributed by atoms with Gasteiger partial charge in [-0.2, -0.15) is 5.10 Å². The Morgan fingerprint density at radius 1 is 1.19 bits per heavy atom. The molecule has 0 radical (unpaired) electrons. The second-order valence-corrected chi connectivity index (χ2v) is 4.63. The van der Waals surface area contributed by atoms with E-state index in [4.69, 9.17) is 9.47 Å². The fraction of sp³-hybridized carbons (Fsp3) is 0.250. The van der Waals surface area contributed by atoms with Gasteiger partial charge in [-0.05, 0) is 38.1 Å². The highest BCUT2D eigenvalue weighted by Gasteiger charge is 2.10. The molecule has 0 aliphatic rings. The average molecular weight is 285 g/mol. The standard InChI is InChI=1S/C16H19N3O2/c1-12(2)21-16-13(7-6-8-14(16)20-3)11-18-19-15-9-4-5-10-17-15/h4-12H,1-3H3,(H,17,19)/b18-11-. The lowest BCUT2D eigenvalue weighted by Gasteiger charge is -2.15. The lowest BCUT2D eigenvalue weighted by Crippen LogP contribution is -2.09. The van der Waals surface area contributed by atoms with E-state index in [1.54, 1.807) is 19.5 Å². The predicted octanol–water partition coefficient (Wildman–Crippen LogP) is 3.32. The number of pyridine rings is 1. The quantitative estimate of drug-likeness (QED) is 0.653. The third-order valence-electron chi connectivity index (χ3n) is 2.63. The van der Waals surface area contributed by atoms with E-state index in [1.165, 1.54) is 0 Å². The highest BCUT2D eigenvalue weighted by molar-refractivity contribution is 5.85. The first-order valence-electron chi connectivity index (χ1n) is 6.74. The summed E-state index contributed by atoms with van der Waals surface area (Å²) in [5, 5.41) is 4.18. The minimum atomic E-state index is 0.0530. The summed E-state index contributed by atoms with van der Waals surface area (Å²) in [6, 6.07) is 11.3. The van der Waals surface area contributed by atoms with Gasteiger partial charge in [-0.1, -0.05) is 12.1 Å². The number of methoxy groups -OCH3 is 1. The Labute approximate surface area is 124 Å². The van der Waals surface area contributed by atoms with Gasteiger partial charge in [-0.15, -0.1) is 0 Å². The Morgan fingerprint density at radius 2 is 2.05 bits per heavy atom. The third-order valence-corrected chi connectivity index (χ3v) is 2.63. The van der Waals surface area contributed by atoms with E-state index in [-0.39, 0.29) is 6.10 Å². The fourth-order valence-electron chi connectivity index (χ4n) is 1.75. The Morgan fingerprint density at radius 3 is 2.71 bits per heavy atom. The van der Waals surface area contributed by atoms with Crippen LogP contribution in [0, 0.1) is 0 Å². The molecule has 2 rings (SSSR count). The van der Waals surface area contributed by atoms with Crippen LogP contribution in [0.15, 0.2) is 47.7 Å². The van der Waals surface area contributed by atoms with Gasteiger partial charge in [0.15, 0.2) is 11.5 Å². The smallest absolute Gasteiger partial charge is 0.170 e. The van der Waals surface area contributed by atoms with Gasteiger partial charge in [0.1, 0.15) is 5.82 Å². The predicted molar refractivity (Wildman–Crippen MR) is 84.2 cm³/mol. The van der Waals surface area contributed by atoms with Crippen LogP contribution in [0.4, 0.5) is 5.82 Å². The molecule has 0 atom stereocenters. The Hall–Kier alpha value is -2.56. The fourth-order valence-corrected chi connectivity index (χ4v) is 1.75. The molecule has 1 aromatic heterocycles. The van der Waals surface area contributed by atoms with E-state index in [0.717, 1.165) is 5.56 Å². The van der Waals surface area contributed by atoms with Crippen molar-refractivity contribution in [2.75, 3.05) is 12.5 Å². The largest absolute Gasteiger partial charge is 0.493 e. The molecule has 0 aliphatic carbocycles. The number of para-hydroxylation sites is 1. The first kappa shape index (κ1) is 14.8. The summed E-state index contributed by atoms with van der Waals surface area (Å²) in [7, 11) is 1.62. The van der Waals surface area contributed by atoms with Crippen molar-refractivity contribution in [1.29, 1.82) is 0 Å². The zero-order chi connectivity index (χ0) is 15.1. The van der Waals surface area contributed by atoms with Gasteiger partial charge in [-0.3, -0.25) is 5.43 Å². The molecule has 0 fully saturated rings. The maximum absolute atomic E-state index is 5.81. The zero-order valence-corrected chi connectivity index (χ0v) is 12.4. The molecule has 21 heavy (non-hydrogen) atoms. The molecule has 1 N–H and O–H groups in total. The van der Waals surface area contributed by atoms with Gasteiger partial charge in [-0.25, -0.2) is 4.98 Å². The van der Waals surface area contributed by atoms with E-state index in [0.29, 0.717) is 17.3 Å². The van der Waals surface area contributed by atoms with Crippen LogP contribution in [0.1, 0.15) is 19.4 Å². The summed E-state index contributed by atoms with van der Waals surface area (Å²) in [6.07, 6.45) is 3.45. The van der Waals surface area contributed by atoms with Crippen LogP contribution >= 0.6 is 0 Å². The summed E-state index contributed by atoms with van der Waals surface area (Å²) < 4.78 is 11.1. The van der Waals surface area contributed by atoms with Crippen LogP contribution in [-0.2, 0) is 0 Å². The van der Waals surface area contributed by atoms with E-state index >= 15 is 0 Å². The first-order chi connectivity index (χ1) is 10.2. The van der Waals surface area contributed by atoms with Crippen molar-refractivity contribution in [1.82, 2.24) is 4.98 Å². The highest BCUT2D eigenvalue weighted by Crippen LogP contribution is 2.30. The molecule has 5 nitrogen and oxygen atoms in total. The number of nitrogens with zero attached hydrogens (tertiary/aromatic N) is 2. The Kier molecular flexibility index (Phi) is 5.15. The Balaban J connectivity index is 2.18. The number of hydrogen-bond acceptors (Lipinski definition) is 5. The molecular formula is C16H19N3O2. The molecule has 1 heterocycles. The van der Waals surface area contributed by atoms with Crippen LogP contribution in [0.25, 0.3) is 0 Å². The molecular weight excluding hydrogens is 266 g/mol. The molecule has 5 heteroatoms. The van der Waals surface area contributed by atoms with Crippen molar-refractivity contribution >= 4 is 12.0 Å². The number of hydrazone groups is 1. The Bertz CT molecular complexity index is 598. The number of hydrogen-bond donors (Lipinski definition) is 1. The molecule has 0 unspecified atom stereocenters. The molecule has 110 valence electrons. The van der Waals surface area contributed by atoms with Gasteiger partial charge in [0, 0.05) is 11.8 Å². The van der Waals surface area contributed by atoms with Crippen molar-refractivity contribution in [3.63, 3.8) is 0 Å². The molecule has 0 saturated heterocycles. The number of nitrogens with one attached hydrogen (secondary N) is 1. The van der Waals surface area contributed by atoms with Gasteiger partial charge in [0.2, 0.25) is 0 Å². The van der Waals surface area contributed by atoms with Gasteiger partial charge >= 0.3 is 0 Å². The topological polar surface area (TPSA) is 55.7 Å². The van der Waals surface area contributed by atoms with E-state index in [9.17, 15) is 0 Å². The highest BCUT2D eigenvalue weighted by atomic mass is 16.5. The van der Waals surface area contributed by atoms with E-state index in [1.807, 2.05) is 50.2 Å². The maximum Gasteiger partial charge on any atom is 0.170 e.